The average Bonchev–Trinajstić information content (AvgIpc) is 2.96. The highest BCUT2D eigenvalue weighted by Crippen LogP contribution is 2.37. The molecular weight excluding hydrogens is 361 g/mol. The molecule has 26 heavy (non-hydrogen) atoms. The summed E-state index contributed by atoms with van der Waals surface area (Å²) in [6.07, 6.45) is -3.62. The van der Waals surface area contributed by atoms with Crippen molar-refractivity contribution >= 4 is 11.5 Å². The summed E-state index contributed by atoms with van der Waals surface area (Å²) in [5.41, 5.74) is -1.72. The van der Waals surface area contributed by atoms with Crippen molar-refractivity contribution in [3.05, 3.63) is 28.2 Å². The Kier molecular flexibility index (Phi) is 4.63. The number of halogens is 3. The molecule has 1 aliphatic rings. The van der Waals surface area contributed by atoms with Crippen LogP contribution in [0.25, 0.3) is 0 Å². The molecular formula is C13H13F3N6O4. The fourth-order valence-electron chi connectivity index (χ4n) is 2.38. The second-order valence-electron chi connectivity index (χ2n) is 5.30. The van der Waals surface area contributed by atoms with Crippen molar-refractivity contribution in [2.75, 3.05) is 31.2 Å². The molecule has 0 aromatic carbocycles. The zero-order valence-corrected chi connectivity index (χ0v) is 13.4. The molecule has 3 rings (SSSR count). The molecule has 10 nitrogen and oxygen atoms in total. The van der Waals surface area contributed by atoms with Crippen LogP contribution in [-0.4, -0.2) is 51.0 Å². The van der Waals surface area contributed by atoms with Gasteiger partial charge in [0.1, 0.15) is 6.33 Å². The van der Waals surface area contributed by atoms with Crippen molar-refractivity contribution in [1.82, 2.24) is 19.7 Å². The monoisotopic (exact) mass is 374 g/mol. The predicted octanol–water partition coefficient (Wildman–Crippen LogP) is 1.77. The largest absolute Gasteiger partial charge is 0.435 e. The lowest BCUT2D eigenvalue weighted by Gasteiger charge is -2.27. The molecule has 13 heteroatoms. The Hall–Kier alpha value is -2.96. The first-order chi connectivity index (χ1) is 12.3. The topological polar surface area (TPSA) is 108 Å². The summed E-state index contributed by atoms with van der Waals surface area (Å²) in [4.78, 5) is 20.0. The van der Waals surface area contributed by atoms with Gasteiger partial charge in [0.25, 0.3) is 0 Å². The van der Waals surface area contributed by atoms with Crippen LogP contribution in [0.15, 0.2) is 12.4 Å². The van der Waals surface area contributed by atoms with Crippen LogP contribution in [0.4, 0.5) is 24.7 Å². The van der Waals surface area contributed by atoms with E-state index in [4.69, 9.17) is 9.47 Å². The van der Waals surface area contributed by atoms with E-state index < -0.39 is 28.4 Å². The van der Waals surface area contributed by atoms with E-state index in [-0.39, 0.29) is 11.7 Å². The minimum absolute atomic E-state index is 0.0153. The lowest BCUT2D eigenvalue weighted by Crippen LogP contribution is -2.37. The SMILES string of the molecule is Cn1nc(C(F)(F)F)cc1Oc1ncnc(N2CCOCC2)c1[N+](=O)[O-]. The molecule has 1 saturated heterocycles. The highest BCUT2D eigenvalue weighted by atomic mass is 19.4. The summed E-state index contributed by atoms with van der Waals surface area (Å²) in [5.74, 6) is -0.795. The molecule has 0 radical (unpaired) electrons. The lowest BCUT2D eigenvalue weighted by molar-refractivity contribution is -0.385. The average molecular weight is 374 g/mol. The van der Waals surface area contributed by atoms with E-state index in [1.54, 1.807) is 4.90 Å². The molecule has 140 valence electrons. The Labute approximate surface area is 144 Å². The highest BCUT2D eigenvalue weighted by Gasteiger charge is 2.36. The van der Waals surface area contributed by atoms with Crippen molar-refractivity contribution in [2.45, 2.75) is 6.18 Å². The van der Waals surface area contributed by atoms with Gasteiger partial charge < -0.3 is 14.4 Å². The van der Waals surface area contributed by atoms with Gasteiger partial charge in [-0.3, -0.25) is 10.1 Å². The highest BCUT2D eigenvalue weighted by molar-refractivity contribution is 5.63. The number of morpholine rings is 1. The van der Waals surface area contributed by atoms with Crippen molar-refractivity contribution in [2.24, 2.45) is 7.05 Å². The first-order valence-corrected chi connectivity index (χ1v) is 7.38. The zero-order valence-electron chi connectivity index (χ0n) is 13.4. The van der Waals surface area contributed by atoms with Crippen molar-refractivity contribution in [3.63, 3.8) is 0 Å². The summed E-state index contributed by atoms with van der Waals surface area (Å²) in [6.45, 7) is 1.49. The molecule has 1 aliphatic heterocycles. The third kappa shape index (κ3) is 3.51. The van der Waals surface area contributed by atoms with Gasteiger partial charge in [-0.1, -0.05) is 0 Å². The van der Waals surface area contributed by atoms with Gasteiger partial charge >= 0.3 is 17.7 Å². The third-order valence-corrected chi connectivity index (χ3v) is 3.59. The molecule has 3 heterocycles. The lowest BCUT2D eigenvalue weighted by atomic mass is 10.3. The molecule has 0 N–H and O–H groups in total. The van der Waals surface area contributed by atoms with E-state index >= 15 is 0 Å². The van der Waals surface area contributed by atoms with Crippen LogP contribution in [0.2, 0.25) is 0 Å². The Bertz CT molecular complexity index is 819. The number of hydrogen-bond donors (Lipinski definition) is 0. The molecule has 0 amide bonds. The standard InChI is InChI=1S/C13H13F3N6O4/c1-20-9(6-8(19-20)13(14,15)16)26-12-10(22(23)24)11(17-7-18-12)21-2-4-25-5-3-21/h6-7H,2-5H2,1H3. The molecule has 1 fully saturated rings. The molecule has 0 spiro atoms. The Morgan fingerprint density at radius 1 is 1.31 bits per heavy atom. The maximum absolute atomic E-state index is 12.8. The minimum Gasteiger partial charge on any atom is -0.415 e. The van der Waals surface area contributed by atoms with Gasteiger partial charge in [-0.2, -0.15) is 23.3 Å². The first kappa shape index (κ1) is 17.8. The molecule has 2 aromatic rings. The van der Waals surface area contributed by atoms with Crippen LogP contribution in [-0.2, 0) is 18.0 Å². The maximum Gasteiger partial charge on any atom is 0.435 e. The summed E-state index contributed by atoms with van der Waals surface area (Å²) < 4.78 is 49.5. The number of hydrogen-bond acceptors (Lipinski definition) is 8. The number of alkyl halides is 3. The number of aryl methyl sites for hydroxylation is 1. The zero-order chi connectivity index (χ0) is 18.9. The molecule has 0 unspecified atom stereocenters. The van der Waals surface area contributed by atoms with Gasteiger partial charge in [-0.15, -0.1) is 0 Å². The molecule has 0 aliphatic carbocycles. The second-order valence-corrected chi connectivity index (χ2v) is 5.30. The molecule has 0 atom stereocenters. The van der Waals surface area contributed by atoms with Crippen LogP contribution < -0.4 is 9.64 Å². The summed E-state index contributed by atoms with van der Waals surface area (Å²) >= 11 is 0. The van der Waals surface area contributed by atoms with Crippen LogP contribution in [0, 0.1) is 10.1 Å². The summed E-state index contributed by atoms with van der Waals surface area (Å²) in [5, 5.41) is 14.8. The van der Waals surface area contributed by atoms with E-state index in [2.05, 4.69) is 15.1 Å². The summed E-state index contributed by atoms with van der Waals surface area (Å²) in [6, 6.07) is 0.639. The van der Waals surface area contributed by atoms with Gasteiger partial charge in [0, 0.05) is 26.2 Å². The molecule has 0 saturated carbocycles. The number of anilines is 1. The van der Waals surface area contributed by atoms with Gasteiger partial charge in [0.2, 0.25) is 11.7 Å². The van der Waals surface area contributed by atoms with Crippen LogP contribution in [0.5, 0.6) is 11.8 Å². The fraction of sp³-hybridized carbons (Fsp3) is 0.462. The first-order valence-electron chi connectivity index (χ1n) is 7.38. The Balaban J connectivity index is 1.98. The maximum atomic E-state index is 12.8. The Morgan fingerprint density at radius 2 is 2.00 bits per heavy atom. The predicted molar refractivity (Wildman–Crippen MR) is 80.0 cm³/mol. The molecule has 0 bridgehead atoms. The van der Waals surface area contributed by atoms with Crippen LogP contribution in [0.3, 0.4) is 0 Å². The van der Waals surface area contributed by atoms with Gasteiger partial charge in [-0.25, -0.2) is 9.67 Å². The van der Waals surface area contributed by atoms with Crippen molar-refractivity contribution < 1.29 is 27.6 Å². The van der Waals surface area contributed by atoms with Gasteiger partial charge in [-0.05, 0) is 0 Å². The normalized spacial score (nSPS) is 15.2. The van der Waals surface area contributed by atoms with Crippen LogP contribution in [0.1, 0.15) is 5.69 Å². The molecule has 2 aromatic heterocycles. The Morgan fingerprint density at radius 3 is 2.58 bits per heavy atom. The number of nitro groups is 1. The van der Waals surface area contributed by atoms with Crippen molar-refractivity contribution in [1.29, 1.82) is 0 Å². The quantitative estimate of drug-likeness (QED) is 0.588. The van der Waals surface area contributed by atoms with Gasteiger partial charge in [0.15, 0.2) is 5.69 Å². The van der Waals surface area contributed by atoms with E-state index in [0.29, 0.717) is 32.4 Å². The minimum atomic E-state index is -4.67. The number of nitrogens with zero attached hydrogens (tertiary/aromatic N) is 6. The van der Waals surface area contributed by atoms with Gasteiger partial charge in [0.05, 0.1) is 18.1 Å². The number of ether oxygens (including phenoxy) is 2. The van der Waals surface area contributed by atoms with Crippen LogP contribution >= 0.6 is 0 Å². The smallest absolute Gasteiger partial charge is 0.415 e. The summed E-state index contributed by atoms with van der Waals surface area (Å²) in [7, 11) is 1.22. The van der Waals surface area contributed by atoms with E-state index in [0.717, 1.165) is 11.0 Å². The number of rotatable bonds is 4. The third-order valence-electron chi connectivity index (χ3n) is 3.59. The van der Waals surface area contributed by atoms with E-state index in [9.17, 15) is 23.3 Å². The van der Waals surface area contributed by atoms with Crippen molar-refractivity contribution in [3.8, 4) is 11.8 Å². The van der Waals surface area contributed by atoms with E-state index in [1.807, 2.05) is 0 Å². The number of aromatic nitrogens is 4. The second kappa shape index (κ2) is 6.74. The van der Waals surface area contributed by atoms with E-state index in [1.165, 1.54) is 7.05 Å². The fourth-order valence-corrected chi connectivity index (χ4v) is 2.38.